The molecule has 22 heavy (non-hydrogen) atoms. The van der Waals surface area contributed by atoms with Crippen LogP contribution in [0.4, 0.5) is 13.2 Å². The first-order valence-corrected chi connectivity index (χ1v) is 8.70. The molecule has 0 spiro atoms. The third-order valence-corrected chi connectivity index (χ3v) is 5.48. The molecule has 4 nitrogen and oxygen atoms in total. The summed E-state index contributed by atoms with van der Waals surface area (Å²) < 4.78 is 60.3. The van der Waals surface area contributed by atoms with Crippen molar-refractivity contribution in [1.82, 2.24) is 4.90 Å². The maximum absolute atomic E-state index is 12.5. The van der Waals surface area contributed by atoms with Gasteiger partial charge in [0.1, 0.15) is 9.84 Å². The second-order valence-electron chi connectivity index (χ2n) is 5.40. The number of likely N-dealkylation sites (tertiary alicyclic amines) is 1. The van der Waals surface area contributed by atoms with E-state index in [0.717, 1.165) is 24.3 Å². The number of piperidine rings is 1. The monoisotopic (exact) mass is 335 g/mol. The van der Waals surface area contributed by atoms with Crippen LogP contribution in [-0.2, 0) is 16.0 Å². The molecule has 1 heterocycles. The van der Waals surface area contributed by atoms with Crippen molar-refractivity contribution in [2.24, 2.45) is 0 Å². The van der Waals surface area contributed by atoms with Crippen molar-refractivity contribution in [2.45, 2.75) is 24.3 Å². The smallest absolute Gasteiger partial charge is 0.339 e. The normalized spacial score (nSPS) is 17.5. The molecule has 0 aromatic heterocycles. The van der Waals surface area contributed by atoms with Crippen molar-refractivity contribution in [2.75, 3.05) is 19.3 Å². The minimum atomic E-state index is -4.44. The van der Waals surface area contributed by atoms with Gasteiger partial charge in [0.25, 0.3) is 5.91 Å². The standard InChI is InChI=1S/C14H16F3NO3S/c1-22(20,21)12-6-8-18(9-7-12)13(19)10-2-4-11(5-3-10)14(15,16)17/h2-5,12H,6-9H2,1H3. The van der Waals surface area contributed by atoms with Gasteiger partial charge in [0.2, 0.25) is 0 Å². The molecule has 0 saturated carbocycles. The molecule has 1 aliphatic rings. The van der Waals surface area contributed by atoms with Crippen molar-refractivity contribution in [1.29, 1.82) is 0 Å². The average Bonchev–Trinajstić information content (AvgIpc) is 2.45. The molecule has 1 saturated heterocycles. The highest BCUT2D eigenvalue weighted by molar-refractivity contribution is 7.91. The Balaban J connectivity index is 2.04. The first kappa shape index (κ1) is 16.8. The minimum Gasteiger partial charge on any atom is -0.339 e. The molecule has 0 N–H and O–H groups in total. The van der Waals surface area contributed by atoms with Gasteiger partial charge in [-0.3, -0.25) is 4.79 Å². The fraction of sp³-hybridized carbons (Fsp3) is 0.500. The summed E-state index contributed by atoms with van der Waals surface area (Å²) >= 11 is 0. The number of hydrogen-bond donors (Lipinski definition) is 0. The van der Waals surface area contributed by atoms with E-state index >= 15 is 0 Å². The summed E-state index contributed by atoms with van der Waals surface area (Å²) in [6.07, 6.45) is -2.56. The summed E-state index contributed by atoms with van der Waals surface area (Å²) in [5, 5.41) is -0.454. The number of halogens is 3. The SMILES string of the molecule is CS(=O)(=O)C1CCN(C(=O)c2ccc(C(F)(F)F)cc2)CC1. The predicted molar refractivity (Wildman–Crippen MR) is 75.2 cm³/mol. The van der Waals surface area contributed by atoms with Gasteiger partial charge < -0.3 is 4.90 Å². The lowest BCUT2D eigenvalue weighted by Gasteiger charge is -2.31. The number of alkyl halides is 3. The molecule has 2 rings (SSSR count). The molecule has 1 fully saturated rings. The van der Waals surface area contributed by atoms with Crippen LogP contribution in [0, 0.1) is 0 Å². The maximum atomic E-state index is 12.5. The van der Waals surface area contributed by atoms with Gasteiger partial charge in [-0.05, 0) is 37.1 Å². The van der Waals surface area contributed by atoms with Crippen molar-refractivity contribution in [3.63, 3.8) is 0 Å². The lowest BCUT2D eigenvalue weighted by molar-refractivity contribution is -0.137. The third kappa shape index (κ3) is 3.79. The second-order valence-corrected chi connectivity index (χ2v) is 7.72. The lowest BCUT2D eigenvalue weighted by Crippen LogP contribution is -2.42. The van der Waals surface area contributed by atoms with Crippen LogP contribution in [0.15, 0.2) is 24.3 Å². The molecule has 1 aromatic rings. The number of benzene rings is 1. The molecule has 1 aromatic carbocycles. The van der Waals surface area contributed by atoms with Crippen LogP contribution in [0.1, 0.15) is 28.8 Å². The van der Waals surface area contributed by atoms with E-state index < -0.39 is 26.8 Å². The fourth-order valence-electron chi connectivity index (χ4n) is 2.47. The molecular formula is C14H16F3NO3S. The molecule has 8 heteroatoms. The summed E-state index contributed by atoms with van der Waals surface area (Å²) in [5.41, 5.74) is -0.634. The van der Waals surface area contributed by atoms with Gasteiger partial charge in [0.05, 0.1) is 10.8 Å². The predicted octanol–water partition coefficient (Wildman–Crippen LogP) is 2.35. The first-order chi connectivity index (χ1) is 10.1. The van der Waals surface area contributed by atoms with Crippen molar-refractivity contribution in [3.8, 4) is 0 Å². The van der Waals surface area contributed by atoms with Gasteiger partial charge in [-0.2, -0.15) is 13.2 Å². The van der Waals surface area contributed by atoms with E-state index in [9.17, 15) is 26.4 Å². The summed E-state index contributed by atoms with van der Waals surface area (Å²) in [4.78, 5) is 13.7. The number of rotatable bonds is 2. The highest BCUT2D eigenvalue weighted by Gasteiger charge is 2.31. The molecule has 122 valence electrons. The maximum Gasteiger partial charge on any atom is 0.416 e. The van der Waals surface area contributed by atoms with E-state index in [4.69, 9.17) is 0 Å². The highest BCUT2D eigenvalue weighted by Crippen LogP contribution is 2.29. The van der Waals surface area contributed by atoms with Crippen molar-refractivity contribution in [3.05, 3.63) is 35.4 Å². The Hall–Kier alpha value is -1.57. The topological polar surface area (TPSA) is 54.5 Å². The number of carbonyl (C=O) groups excluding carboxylic acids is 1. The lowest BCUT2D eigenvalue weighted by atomic mass is 10.1. The Morgan fingerprint density at radius 2 is 1.64 bits per heavy atom. The Morgan fingerprint density at radius 1 is 1.14 bits per heavy atom. The minimum absolute atomic E-state index is 0.172. The Morgan fingerprint density at radius 3 is 2.05 bits per heavy atom. The van der Waals surface area contributed by atoms with Crippen LogP contribution in [-0.4, -0.2) is 43.8 Å². The van der Waals surface area contributed by atoms with Gasteiger partial charge in [-0.1, -0.05) is 0 Å². The summed E-state index contributed by atoms with van der Waals surface area (Å²) in [6, 6.07) is 4.04. The zero-order valence-electron chi connectivity index (χ0n) is 11.9. The van der Waals surface area contributed by atoms with E-state index in [1.165, 1.54) is 11.2 Å². The van der Waals surface area contributed by atoms with Crippen LogP contribution in [0.3, 0.4) is 0 Å². The van der Waals surface area contributed by atoms with Gasteiger partial charge in [-0.15, -0.1) is 0 Å². The Labute approximate surface area is 126 Å². The van der Waals surface area contributed by atoms with Crippen molar-refractivity contribution >= 4 is 15.7 Å². The third-order valence-electron chi connectivity index (χ3n) is 3.79. The number of nitrogens with zero attached hydrogens (tertiary/aromatic N) is 1. The zero-order chi connectivity index (χ0) is 16.5. The summed E-state index contributed by atoms with van der Waals surface area (Å²) in [7, 11) is -3.12. The van der Waals surface area contributed by atoms with E-state index in [1.54, 1.807) is 0 Å². The quantitative estimate of drug-likeness (QED) is 0.834. The van der Waals surface area contributed by atoms with E-state index in [2.05, 4.69) is 0 Å². The molecular weight excluding hydrogens is 319 g/mol. The van der Waals surface area contributed by atoms with Crippen LogP contribution < -0.4 is 0 Å². The molecule has 0 radical (unpaired) electrons. The number of carbonyl (C=O) groups is 1. The Bertz CT molecular complexity index is 645. The van der Waals surface area contributed by atoms with E-state index in [-0.39, 0.29) is 24.6 Å². The number of sulfone groups is 1. The van der Waals surface area contributed by atoms with Crippen LogP contribution in [0.2, 0.25) is 0 Å². The van der Waals surface area contributed by atoms with Crippen LogP contribution >= 0.6 is 0 Å². The molecule has 0 atom stereocenters. The number of hydrogen-bond acceptors (Lipinski definition) is 3. The van der Waals surface area contributed by atoms with Crippen molar-refractivity contribution < 1.29 is 26.4 Å². The molecule has 0 unspecified atom stereocenters. The average molecular weight is 335 g/mol. The molecule has 0 bridgehead atoms. The van der Waals surface area contributed by atoms with Crippen LogP contribution in [0.25, 0.3) is 0 Å². The van der Waals surface area contributed by atoms with E-state index in [1.807, 2.05) is 0 Å². The van der Waals surface area contributed by atoms with Crippen LogP contribution in [0.5, 0.6) is 0 Å². The van der Waals surface area contributed by atoms with Gasteiger partial charge >= 0.3 is 6.18 Å². The second kappa shape index (κ2) is 5.91. The largest absolute Gasteiger partial charge is 0.416 e. The first-order valence-electron chi connectivity index (χ1n) is 6.74. The Kier molecular flexibility index (Phi) is 4.51. The summed E-state index contributed by atoms with van der Waals surface area (Å²) in [6.45, 7) is 0.579. The van der Waals surface area contributed by atoms with Gasteiger partial charge in [0, 0.05) is 24.9 Å². The molecule has 1 aliphatic heterocycles. The summed E-state index contributed by atoms with van der Waals surface area (Å²) in [5.74, 6) is -0.374. The molecule has 0 aliphatic carbocycles. The number of amides is 1. The fourth-order valence-corrected chi connectivity index (χ4v) is 3.54. The molecule has 1 amide bonds. The van der Waals surface area contributed by atoms with Gasteiger partial charge in [-0.25, -0.2) is 8.42 Å². The highest BCUT2D eigenvalue weighted by atomic mass is 32.2. The zero-order valence-corrected chi connectivity index (χ0v) is 12.7. The van der Waals surface area contributed by atoms with Gasteiger partial charge in [0.15, 0.2) is 0 Å². The van der Waals surface area contributed by atoms with E-state index in [0.29, 0.717) is 12.8 Å².